The summed E-state index contributed by atoms with van der Waals surface area (Å²) in [7, 11) is -7.15. The van der Waals surface area contributed by atoms with Gasteiger partial charge in [-0.05, 0) is 43.3 Å². The zero-order valence-corrected chi connectivity index (χ0v) is 19.7. The number of hydrogen-bond donors (Lipinski definition) is 2. The first-order valence-corrected chi connectivity index (χ1v) is 13.7. The number of sulfonamides is 1. The standard InChI is InChI=1S/C21H17N5O4S3/c1-13-25-17-4-3-16(9-19(17)31-13)33(29,30)26-6-7-32(27,28)20-5-2-15(8-18(20)26)21-23-11-14(10-22)12-24-21/h2-5,8-9,11-12,27-28H,6-7H2,1H3. The highest BCUT2D eigenvalue weighted by molar-refractivity contribution is 8.24. The van der Waals surface area contributed by atoms with E-state index in [0.717, 1.165) is 15.2 Å². The number of rotatable bonds is 3. The molecular formula is C21H17N5O4S3. The highest BCUT2D eigenvalue weighted by Crippen LogP contribution is 2.56. The van der Waals surface area contributed by atoms with Gasteiger partial charge in [-0.2, -0.15) is 15.9 Å². The van der Waals surface area contributed by atoms with Crippen molar-refractivity contribution >= 4 is 47.9 Å². The molecule has 5 rings (SSSR count). The van der Waals surface area contributed by atoms with Gasteiger partial charge in [0, 0.05) is 18.0 Å². The number of aryl methyl sites for hydroxylation is 1. The Morgan fingerprint density at radius 2 is 1.91 bits per heavy atom. The van der Waals surface area contributed by atoms with E-state index in [9.17, 15) is 17.5 Å². The third-order valence-corrected chi connectivity index (χ3v) is 9.80. The molecule has 0 saturated heterocycles. The molecule has 168 valence electrons. The first kappa shape index (κ1) is 21.7. The number of hydrogen-bond acceptors (Lipinski definition) is 9. The van der Waals surface area contributed by atoms with Crippen LogP contribution in [-0.4, -0.2) is 44.8 Å². The van der Waals surface area contributed by atoms with Gasteiger partial charge in [-0.3, -0.25) is 13.4 Å². The summed E-state index contributed by atoms with van der Waals surface area (Å²) >= 11 is 1.41. The molecule has 2 aromatic carbocycles. The monoisotopic (exact) mass is 499 g/mol. The smallest absolute Gasteiger partial charge is 0.264 e. The van der Waals surface area contributed by atoms with E-state index in [4.69, 9.17) is 5.26 Å². The summed E-state index contributed by atoms with van der Waals surface area (Å²) in [4.78, 5) is 13.0. The van der Waals surface area contributed by atoms with Crippen LogP contribution in [0, 0.1) is 18.3 Å². The van der Waals surface area contributed by atoms with Crippen molar-refractivity contribution in [3.05, 3.63) is 59.4 Å². The second kappa shape index (κ2) is 7.75. The predicted molar refractivity (Wildman–Crippen MR) is 127 cm³/mol. The van der Waals surface area contributed by atoms with E-state index in [2.05, 4.69) is 15.0 Å². The summed E-state index contributed by atoms with van der Waals surface area (Å²) in [5.41, 5.74) is 1.69. The maximum Gasteiger partial charge on any atom is 0.264 e. The van der Waals surface area contributed by atoms with Crippen LogP contribution in [0.25, 0.3) is 21.6 Å². The van der Waals surface area contributed by atoms with Crippen LogP contribution in [0.3, 0.4) is 0 Å². The molecule has 9 nitrogen and oxygen atoms in total. The van der Waals surface area contributed by atoms with E-state index < -0.39 is 20.6 Å². The van der Waals surface area contributed by atoms with Gasteiger partial charge in [0.05, 0.1) is 48.6 Å². The van der Waals surface area contributed by atoms with E-state index in [0.29, 0.717) is 11.1 Å². The number of fused-ring (bicyclic) bond motifs is 2. The molecule has 0 amide bonds. The van der Waals surface area contributed by atoms with Crippen LogP contribution in [0.15, 0.2) is 58.6 Å². The number of benzene rings is 2. The molecule has 1 aliphatic heterocycles. The van der Waals surface area contributed by atoms with Crippen molar-refractivity contribution in [2.75, 3.05) is 16.6 Å². The Balaban J connectivity index is 1.63. The lowest BCUT2D eigenvalue weighted by atomic mass is 10.2. The van der Waals surface area contributed by atoms with Crippen molar-refractivity contribution in [1.29, 1.82) is 5.26 Å². The summed E-state index contributed by atoms with van der Waals surface area (Å²) in [5, 5.41) is 9.79. The number of nitrogens with zero attached hydrogens (tertiary/aromatic N) is 5. The molecule has 2 aromatic heterocycles. The molecule has 1 aliphatic rings. The minimum atomic E-state index is -4.00. The minimum Gasteiger partial charge on any atom is -0.295 e. The number of aromatic nitrogens is 3. The van der Waals surface area contributed by atoms with Crippen LogP contribution in [-0.2, 0) is 10.0 Å². The Morgan fingerprint density at radius 3 is 2.64 bits per heavy atom. The second-order valence-electron chi connectivity index (χ2n) is 7.40. The van der Waals surface area contributed by atoms with Crippen LogP contribution in [0.1, 0.15) is 10.6 Å². The molecule has 0 saturated carbocycles. The minimum absolute atomic E-state index is 0.0882. The fourth-order valence-corrected chi connectivity index (χ4v) is 7.73. The van der Waals surface area contributed by atoms with Gasteiger partial charge in [-0.1, -0.05) is 0 Å². The Morgan fingerprint density at radius 1 is 1.15 bits per heavy atom. The van der Waals surface area contributed by atoms with Crippen LogP contribution >= 0.6 is 21.9 Å². The summed E-state index contributed by atoms with van der Waals surface area (Å²) < 4.78 is 50.4. The lowest BCUT2D eigenvalue weighted by Gasteiger charge is -2.42. The maximum atomic E-state index is 13.6. The quantitative estimate of drug-likeness (QED) is 0.426. The SMILES string of the molecule is Cc1nc2ccc(S(=O)(=O)N3CCS(O)(O)c4ccc(-c5ncc(C#N)cn5)cc43)cc2s1. The van der Waals surface area contributed by atoms with Crippen molar-refractivity contribution in [2.24, 2.45) is 0 Å². The lowest BCUT2D eigenvalue weighted by Crippen LogP contribution is -2.38. The first-order chi connectivity index (χ1) is 15.7. The number of thiazole rings is 1. The van der Waals surface area contributed by atoms with Gasteiger partial charge in [-0.25, -0.2) is 23.4 Å². The Labute approximate surface area is 195 Å². The average molecular weight is 500 g/mol. The topological polar surface area (TPSA) is 140 Å². The highest BCUT2D eigenvalue weighted by Gasteiger charge is 2.36. The molecule has 0 bridgehead atoms. The maximum absolute atomic E-state index is 13.6. The Bertz CT molecular complexity index is 1540. The normalized spacial score (nSPS) is 16.2. The predicted octanol–water partition coefficient (Wildman–Crippen LogP) is 4.25. The zero-order valence-electron chi connectivity index (χ0n) is 17.2. The van der Waals surface area contributed by atoms with Crippen molar-refractivity contribution in [3.8, 4) is 17.5 Å². The molecule has 0 spiro atoms. The van der Waals surface area contributed by atoms with E-state index >= 15 is 0 Å². The zero-order chi connectivity index (χ0) is 23.4. The second-order valence-corrected chi connectivity index (χ2v) is 12.7. The van der Waals surface area contributed by atoms with Gasteiger partial charge in [0.2, 0.25) is 0 Å². The van der Waals surface area contributed by atoms with Crippen molar-refractivity contribution in [2.45, 2.75) is 16.7 Å². The summed E-state index contributed by atoms with van der Waals surface area (Å²) in [6, 6.07) is 11.4. The van der Waals surface area contributed by atoms with Crippen LogP contribution in [0.4, 0.5) is 5.69 Å². The first-order valence-electron chi connectivity index (χ1n) is 9.71. The van der Waals surface area contributed by atoms with E-state index in [1.807, 2.05) is 13.0 Å². The molecule has 2 N–H and O–H groups in total. The highest BCUT2D eigenvalue weighted by atomic mass is 32.3. The van der Waals surface area contributed by atoms with Crippen molar-refractivity contribution in [1.82, 2.24) is 15.0 Å². The number of nitriles is 1. The molecule has 0 aliphatic carbocycles. The molecule has 0 fully saturated rings. The van der Waals surface area contributed by atoms with E-state index in [-0.39, 0.29) is 33.6 Å². The van der Waals surface area contributed by atoms with Crippen molar-refractivity contribution in [3.63, 3.8) is 0 Å². The number of anilines is 1. The third-order valence-electron chi connectivity index (χ3n) is 5.25. The van der Waals surface area contributed by atoms with Crippen LogP contribution in [0.5, 0.6) is 0 Å². The van der Waals surface area contributed by atoms with E-state index in [1.54, 1.807) is 18.2 Å². The summed E-state index contributed by atoms with van der Waals surface area (Å²) in [5.74, 6) is 0.186. The van der Waals surface area contributed by atoms with Crippen molar-refractivity contribution < 1.29 is 17.5 Å². The Kier molecular flexibility index (Phi) is 5.11. The largest absolute Gasteiger partial charge is 0.295 e. The van der Waals surface area contributed by atoms with Gasteiger partial charge in [0.25, 0.3) is 10.0 Å². The molecule has 3 heterocycles. The fraction of sp³-hybridized carbons (Fsp3) is 0.143. The van der Waals surface area contributed by atoms with Gasteiger partial charge < -0.3 is 0 Å². The fourth-order valence-electron chi connectivity index (χ4n) is 3.66. The average Bonchev–Trinajstić information content (AvgIpc) is 3.18. The van der Waals surface area contributed by atoms with Crippen LogP contribution < -0.4 is 4.31 Å². The van der Waals surface area contributed by atoms with E-state index in [1.165, 1.54) is 46.2 Å². The molecular weight excluding hydrogens is 482 g/mol. The molecule has 12 heteroatoms. The van der Waals surface area contributed by atoms with Gasteiger partial charge in [0.15, 0.2) is 5.82 Å². The van der Waals surface area contributed by atoms with Gasteiger partial charge >= 0.3 is 0 Å². The van der Waals surface area contributed by atoms with Crippen LogP contribution in [0.2, 0.25) is 0 Å². The van der Waals surface area contributed by atoms with Gasteiger partial charge in [-0.15, -0.1) is 11.3 Å². The molecule has 33 heavy (non-hydrogen) atoms. The molecule has 4 aromatic rings. The third kappa shape index (κ3) is 3.73. The van der Waals surface area contributed by atoms with Gasteiger partial charge in [0.1, 0.15) is 6.07 Å². The molecule has 0 unspecified atom stereocenters. The lowest BCUT2D eigenvalue weighted by molar-refractivity contribution is 0.484. The summed E-state index contributed by atoms with van der Waals surface area (Å²) in [6.45, 7) is 1.77. The summed E-state index contributed by atoms with van der Waals surface area (Å²) in [6.07, 6.45) is 2.74. The molecule has 0 radical (unpaired) electrons. The molecule has 0 atom stereocenters. The Hall–Kier alpha value is -3.08.